The molecule has 10 heavy (non-hydrogen) atoms. The van der Waals surface area contributed by atoms with Crippen molar-refractivity contribution < 1.29 is 0 Å². The van der Waals surface area contributed by atoms with E-state index in [-0.39, 0.29) is 0 Å². The van der Waals surface area contributed by atoms with Crippen LogP contribution >= 0.6 is 0 Å². The molecule has 0 spiro atoms. The Balaban J connectivity index is 2.19. The van der Waals surface area contributed by atoms with E-state index in [4.69, 9.17) is 5.73 Å². The molecular weight excluding hydrogens is 126 g/mol. The topological polar surface area (TPSA) is 50.7 Å². The zero-order chi connectivity index (χ0) is 7.14. The van der Waals surface area contributed by atoms with E-state index in [1.54, 1.807) is 0 Å². The second kappa shape index (κ2) is 1.81. The molecule has 1 heterocycles. The lowest BCUT2D eigenvalue weighted by Crippen LogP contribution is -2.07. The number of nitrogens with zero attached hydrogens (tertiary/aromatic N) is 2. The Morgan fingerprint density at radius 3 is 2.60 bits per heavy atom. The maximum atomic E-state index is 5.55. The van der Waals surface area contributed by atoms with Crippen molar-refractivity contribution >= 4 is 0 Å². The highest BCUT2D eigenvalue weighted by Gasteiger charge is 2.35. The molecule has 0 aromatic carbocycles. The van der Waals surface area contributed by atoms with Gasteiger partial charge in [-0.25, -0.2) is 0 Å². The summed E-state index contributed by atoms with van der Waals surface area (Å²) in [6.45, 7) is 2.03. The van der Waals surface area contributed by atoms with Crippen LogP contribution in [0.4, 0.5) is 0 Å². The van der Waals surface area contributed by atoms with Crippen LogP contribution < -0.4 is 5.73 Å². The summed E-state index contributed by atoms with van der Waals surface area (Å²) in [4.78, 5) is 0. The number of rotatable bonds is 1. The Hall–Kier alpha value is -0.860. The second-order valence-corrected chi connectivity index (χ2v) is 3.07. The van der Waals surface area contributed by atoms with Crippen LogP contribution in [-0.2, 0) is 0 Å². The van der Waals surface area contributed by atoms with Crippen LogP contribution in [-0.4, -0.2) is 6.04 Å². The SMILES string of the molecule is CC1=C(N)N=N[C@@H]1C1CC1. The van der Waals surface area contributed by atoms with Crippen molar-refractivity contribution in [1.82, 2.24) is 0 Å². The van der Waals surface area contributed by atoms with Crippen molar-refractivity contribution in [2.24, 2.45) is 21.9 Å². The van der Waals surface area contributed by atoms with Crippen molar-refractivity contribution in [3.05, 3.63) is 11.4 Å². The first kappa shape index (κ1) is 5.89. The van der Waals surface area contributed by atoms with E-state index in [0.717, 1.165) is 5.92 Å². The minimum atomic E-state index is 0.333. The van der Waals surface area contributed by atoms with Gasteiger partial charge in [0.1, 0.15) is 5.82 Å². The Kier molecular flexibility index (Phi) is 1.07. The Morgan fingerprint density at radius 2 is 2.20 bits per heavy atom. The van der Waals surface area contributed by atoms with Crippen LogP contribution in [0.1, 0.15) is 19.8 Å². The van der Waals surface area contributed by atoms with Gasteiger partial charge >= 0.3 is 0 Å². The van der Waals surface area contributed by atoms with Gasteiger partial charge in [-0.05, 0) is 31.3 Å². The molecule has 1 saturated carbocycles. The largest absolute Gasteiger partial charge is 0.382 e. The molecule has 1 fully saturated rings. The van der Waals surface area contributed by atoms with Crippen molar-refractivity contribution in [3.63, 3.8) is 0 Å². The fourth-order valence-electron chi connectivity index (χ4n) is 1.30. The molecule has 1 aliphatic heterocycles. The van der Waals surface area contributed by atoms with Crippen molar-refractivity contribution in [1.29, 1.82) is 0 Å². The zero-order valence-electron chi connectivity index (χ0n) is 6.04. The van der Waals surface area contributed by atoms with E-state index in [1.165, 1.54) is 18.4 Å². The molecule has 1 atom stereocenters. The third-order valence-electron chi connectivity index (χ3n) is 2.21. The summed E-state index contributed by atoms with van der Waals surface area (Å²) in [5.41, 5.74) is 6.72. The van der Waals surface area contributed by atoms with Gasteiger partial charge in [0.05, 0.1) is 6.04 Å². The standard InChI is InChI=1S/C7H11N3/c1-4-6(5-2-3-5)9-10-7(4)8/h5-6H,2-3,8H2,1H3/t6-/m0/s1. The second-order valence-electron chi connectivity index (χ2n) is 3.07. The van der Waals surface area contributed by atoms with E-state index in [2.05, 4.69) is 10.2 Å². The van der Waals surface area contributed by atoms with E-state index in [1.807, 2.05) is 6.92 Å². The van der Waals surface area contributed by atoms with E-state index >= 15 is 0 Å². The summed E-state index contributed by atoms with van der Waals surface area (Å²) in [5.74, 6) is 1.39. The minimum absolute atomic E-state index is 0.333. The Morgan fingerprint density at radius 1 is 1.50 bits per heavy atom. The average Bonchev–Trinajstić information content (AvgIpc) is 2.67. The van der Waals surface area contributed by atoms with Gasteiger partial charge in [0, 0.05) is 0 Å². The lowest BCUT2D eigenvalue weighted by molar-refractivity contribution is 0.671. The Bertz CT molecular complexity index is 213. The third-order valence-corrected chi connectivity index (χ3v) is 2.21. The number of nitrogens with two attached hydrogens (primary N) is 1. The summed E-state index contributed by atoms with van der Waals surface area (Å²) in [5, 5.41) is 7.93. The number of hydrogen-bond donors (Lipinski definition) is 1. The van der Waals surface area contributed by atoms with Gasteiger partial charge in [0.25, 0.3) is 0 Å². The first-order valence-electron chi connectivity index (χ1n) is 3.66. The zero-order valence-corrected chi connectivity index (χ0v) is 6.04. The summed E-state index contributed by atoms with van der Waals surface area (Å²) in [6.07, 6.45) is 2.60. The molecule has 0 unspecified atom stereocenters. The number of azo groups is 1. The molecule has 0 saturated heterocycles. The van der Waals surface area contributed by atoms with Gasteiger partial charge in [0.2, 0.25) is 0 Å². The lowest BCUT2D eigenvalue weighted by Gasteiger charge is -2.02. The monoisotopic (exact) mass is 137 g/mol. The molecule has 0 radical (unpaired) electrons. The van der Waals surface area contributed by atoms with Gasteiger partial charge in [-0.3, -0.25) is 0 Å². The van der Waals surface area contributed by atoms with E-state index in [9.17, 15) is 0 Å². The fourth-order valence-corrected chi connectivity index (χ4v) is 1.30. The van der Waals surface area contributed by atoms with Crippen molar-refractivity contribution in [3.8, 4) is 0 Å². The summed E-state index contributed by atoms with van der Waals surface area (Å²) >= 11 is 0. The maximum Gasteiger partial charge on any atom is 0.146 e. The van der Waals surface area contributed by atoms with Gasteiger partial charge in [-0.15, -0.1) is 5.11 Å². The minimum Gasteiger partial charge on any atom is -0.382 e. The molecule has 0 amide bonds. The van der Waals surface area contributed by atoms with Crippen LogP contribution in [0.15, 0.2) is 21.6 Å². The van der Waals surface area contributed by atoms with Crippen molar-refractivity contribution in [2.45, 2.75) is 25.8 Å². The van der Waals surface area contributed by atoms with E-state index in [0.29, 0.717) is 11.9 Å². The van der Waals surface area contributed by atoms with Gasteiger partial charge in [-0.2, -0.15) is 5.11 Å². The molecular formula is C7H11N3. The molecule has 2 rings (SSSR count). The fraction of sp³-hybridized carbons (Fsp3) is 0.714. The first-order valence-corrected chi connectivity index (χ1v) is 3.66. The maximum absolute atomic E-state index is 5.55. The summed E-state index contributed by atoms with van der Waals surface area (Å²) < 4.78 is 0. The Labute approximate surface area is 60.0 Å². The van der Waals surface area contributed by atoms with Crippen LogP contribution in [0.2, 0.25) is 0 Å². The molecule has 0 aromatic heterocycles. The molecule has 0 bridgehead atoms. The van der Waals surface area contributed by atoms with Crippen LogP contribution in [0.25, 0.3) is 0 Å². The summed E-state index contributed by atoms with van der Waals surface area (Å²) in [7, 11) is 0. The quantitative estimate of drug-likeness (QED) is 0.583. The predicted octanol–water partition coefficient (Wildman–Crippen LogP) is 1.42. The predicted molar refractivity (Wildman–Crippen MR) is 38.3 cm³/mol. The lowest BCUT2D eigenvalue weighted by atomic mass is 10.1. The van der Waals surface area contributed by atoms with Gasteiger partial charge in [0.15, 0.2) is 0 Å². The van der Waals surface area contributed by atoms with Crippen LogP contribution in [0.5, 0.6) is 0 Å². The molecule has 0 aromatic rings. The highest BCUT2D eigenvalue weighted by molar-refractivity contribution is 5.21. The molecule has 2 N–H and O–H groups in total. The third kappa shape index (κ3) is 0.735. The molecule has 3 heteroatoms. The molecule has 54 valence electrons. The molecule has 1 aliphatic carbocycles. The van der Waals surface area contributed by atoms with Crippen molar-refractivity contribution in [2.75, 3.05) is 0 Å². The smallest absolute Gasteiger partial charge is 0.146 e. The van der Waals surface area contributed by atoms with Crippen LogP contribution in [0, 0.1) is 5.92 Å². The van der Waals surface area contributed by atoms with E-state index < -0.39 is 0 Å². The summed E-state index contributed by atoms with van der Waals surface area (Å²) in [6, 6.07) is 0.333. The average molecular weight is 137 g/mol. The van der Waals surface area contributed by atoms with Gasteiger partial charge < -0.3 is 5.73 Å². The van der Waals surface area contributed by atoms with Gasteiger partial charge in [-0.1, -0.05) is 0 Å². The normalized spacial score (nSPS) is 31.9. The van der Waals surface area contributed by atoms with Crippen LogP contribution in [0.3, 0.4) is 0 Å². The highest BCUT2D eigenvalue weighted by Crippen LogP contribution is 2.40. The highest BCUT2D eigenvalue weighted by atomic mass is 15.2. The number of hydrogen-bond acceptors (Lipinski definition) is 3. The molecule has 2 aliphatic rings. The first-order chi connectivity index (χ1) is 4.79. The molecule has 3 nitrogen and oxygen atoms in total.